The van der Waals surface area contributed by atoms with Crippen molar-refractivity contribution in [1.29, 1.82) is 0 Å². The van der Waals surface area contributed by atoms with Gasteiger partial charge in [-0.25, -0.2) is 0 Å². The van der Waals surface area contributed by atoms with E-state index in [9.17, 15) is 0 Å². The second kappa shape index (κ2) is 7.37. The maximum Gasteiger partial charge on any atom is -0.00720 e. The summed E-state index contributed by atoms with van der Waals surface area (Å²) in [5.74, 6) is 0. The van der Waals surface area contributed by atoms with E-state index in [0.29, 0.717) is 5.41 Å². The average Bonchev–Trinajstić information content (AvgIpc) is 2.15. The topological polar surface area (TPSA) is 26.0 Å². The molecule has 0 saturated heterocycles. The summed E-state index contributed by atoms with van der Waals surface area (Å²) in [6.45, 7) is 7.74. The van der Waals surface area contributed by atoms with Gasteiger partial charge in [0.25, 0.3) is 0 Å². The molecule has 0 heterocycles. The van der Waals surface area contributed by atoms with E-state index in [1.807, 2.05) is 0 Å². The van der Waals surface area contributed by atoms with Crippen LogP contribution in [-0.2, 0) is 0 Å². The molecule has 1 atom stereocenters. The van der Waals surface area contributed by atoms with Crippen molar-refractivity contribution in [2.75, 3.05) is 6.54 Å². The Labute approximate surface area is 84.1 Å². The number of rotatable bonds is 8. The van der Waals surface area contributed by atoms with Crippen molar-refractivity contribution in [3.8, 4) is 0 Å². The molecule has 0 unspecified atom stereocenters. The van der Waals surface area contributed by atoms with Gasteiger partial charge in [-0.1, -0.05) is 46.5 Å². The largest absolute Gasteiger partial charge is 0.330 e. The lowest BCUT2D eigenvalue weighted by Gasteiger charge is -2.32. The predicted molar refractivity (Wildman–Crippen MR) is 60.8 cm³/mol. The molecule has 0 radical (unpaired) electrons. The second-order valence-electron chi connectivity index (χ2n) is 4.25. The first kappa shape index (κ1) is 13.0. The van der Waals surface area contributed by atoms with Gasteiger partial charge >= 0.3 is 0 Å². The zero-order chi connectivity index (χ0) is 10.2. The van der Waals surface area contributed by atoms with E-state index in [-0.39, 0.29) is 0 Å². The molecular formula is C12H27N. The van der Waals surface area contributed by atoms with E-state index >= 15 is 0 Å². The molecule has 2 N–H and O–H groups in total. The molecule has 0 rings (SSSR count). The SMILES string of the molecule is CCCC[C@@](CC)(CCC)CCN. The number of unbranched alkanes of at least 4 members (excludes halogenated alkanes) is 1. The van der Waals surface area contributed by atoms with Crippen LogP contribution < -0.4 is 5.73 Å². The van der Waals surface area contributed by atoms with Crippen molar-refractivity contribution in [2.24, 2.45) is 11.1 Å². The summed E-state index contributed by atoms with van der Waals surface area (Å²) >= 11 is 0. The molecule has 1 nitrogen and oxygen atoms in total. The van der Waals surface area contributed by atoms with Crippen LogP contribution in [0.15, 0.2) is 0 Å². The minimum atomic E-state index is 0.569. The monoisotopic (exact) mass is 185 g/mol. The van der Waals surface area contributed by atoms with Crippen molar-refractivity contribution >= 4 is 0 Å². The van der Waals surface area contributed by atoms with Gasteiger partial charge in [0.15, 0.2) is 0 Å². The maximum absolute atomic E-state index is 5.69. The Morgan fingerprint density at radius 2 is 1.62 bits per heavy atom. The Bertz CT molecular complexity index is 104. The average molecular weight is 185 g/mol. The van der Waals surface area contributed by atoms with Crippen LogP contribution in [0, 0.1) is 5.41 Å². The quantitative estimate of drug-likeness (QED) is 0.613. The Hall–Kier alpha value is -0.0400. The number of hydrogen-bond acceptors (Lipinski definition) is 1. The fraction of sp³-hybridized carbons (Fsp3) is 1.00. The summed E-state index contributed by atoms with van der Waals surface area (Å²) in [5, 5.41) is 0. The molecule has 0 aromatic heterocycles. The summed E-state index contributed by atoms with van der Waals surface area (Å²) in [7, 11) is 0. The van der Waals surface area contributed by atoms with Gasteiger partial charge in [-0.2, -0.15) is 0 Å². The molecule has 0 aliphatic heterocycles. The van der Waals surface area contributed by atoms with E-state index in [0.717, 1.165) is 6.54 Å². The van der Waals surface area contributed by atoms with Gasteiger partial charge < -0.3 is 5.73 Å². The van der Waals surface area contributed by atoms with Crippen LogP contribution in [0.25, 0.3) is 0 Å². The zero-order valence-corrected chi connectivity index (χ0v) is 9.73. The van der Waals surface area contributed by atoms with Crippen molar-refractivity contribution in [1.82, 2.24) is 0 Å². The lowest BCUT2D eigenvalue weighted by molar-refractivity contribution is 0.204. The lowest BCUT2D eigenvalue weighted by Crippen LogP contribution is -2.23. The van der Waals surface area contributed by atoms with Crippen LogP contribution in [0.5, 0.6) is 0 Å². The fourth-order valence-electron chi connectivity index (χ4n) is 2.29. The summed E-state index contributed by atoms with van der Waals surface area (Å²) in [6, 6.07) is 0. The summed E-state index contributed by atoms with van der Waals surface area (Å²) in [5.41, 5.74) is 6.26. The highest BCUT2D eigenvalue weighted by molar-refractivity contribution is 4.77. The molecule has 80 valence electrons. The smallest absolute Gasteiger partial charge is 0.00720 e. The van der Waals surface area contributed by atoms with E-state index in [4.69, 9.17) is 5.73 Å². The van der Waals surface area contributed by atoms with Crippen LogP contribution in [0.1, 0.15) is 65.7 Å². The molecule has 0 amide bonds. The van der Waals surface area contributed by atoms with Crippen LogP contribution in [0.3, 0.4) is 0 Å². The minimum absolute atomic E-state index is 0.569. The molecule has 0 aromatic rings. The third-order valence-corrected chi connectivity index (χ3v) is 3.27. The van der Waals surface area contributed by atoms with Crippen LogP contribution in [0.2, 0.25) is 0 Å². The van der Waals surface area contributed by atoms with Gasteiger partial charge in [0.2, 0.25) is 0 Å². The highest BCUT2D eigenvalue weighted by atomic mass is 14.5. The molecule has 0 aliphatic carbocycles. The summed E-state index contributed by atoms with van der Waals surface area (Å²) in [4.78, 5) is 0. The third kappa shape index (κ3) is 4.66. The Kier molecular flexibility index (Phi) is 7.35. The van der Waals surface area contributed by atoms with Crippen LogP contribution in [-0.4, -0.2) is 6.54 Å². The van der Waals surface area contributed by atoms with Gasteiger partial charge in [-0.3, -0.25) is 0 Å². The van der Waals surface area contributed by atoms with Crippen molar-refractivity contribution < 1.29 is 0 Å². The van der Waals surface area contributed by atoms with E-state index in [1.54, 1.807) is 0 Å². The first-order valence-electron chi connectivity index (χ1n) is 5.94. The predicted octanol–water partition coefficient (Wildman–Crippen LogP) is 3.72. The van der Waals surface area contributed by atoms with Gasteiger partial charge in [-0.05, 0) is 31.2 Å². The molecule has 0 aromatic carbocycles. The van der Waals surface area contributed by atoms with Gasteiger partial charge in [0, 0.05) is 0 Å². The normalized spacial score (nSPS) is 15.7. The molecule has 0 bridgehead atoms. The Balaban J connectivity index is 4.07. The summed E-state index contributed by atoms with van der Waals surface area (Å²) < 4.78 is 0. The molecular weight excluding hydrogens is 158 g/mol. The fourth-order valence-corrected chi connectivity index (χ4v) is 2.29. The van der Waals surface area contributed by atoms with E-state index in [2.05, 4.69) is 20.8 Å². The van der Waals surface area contributed by atoms with E-state index in [1.165, 1.54) is 44.9 Å². The Morgan fingerprint density at radius 1 is 0.923 bits per heavy atom. The standard InChI is InChI=1S/C12H27N/c1-4-7-9-12(6-3,8-5-2)10-11-13/h4-11,13H2,1-3H3/t12-/m1/s1. The molecule has 0 aliphatic rings. The van der Waals surface area contributed by atoms with Gasteiger partial charge in [0.1, 0.15) is 0 Å². The molecule has 13 heavy (non-hydrogen) atoms. The first-order chi connectivity index (χ1) is 6.24. The van der Waals surface area contributed by atoms with Crippen molar-refractivity contribution in [2.45, 2.75) is 65.7 Å². The highest BCUT2D eigenvalue weighted by Crippen LogP contribution is 2.37. The first-order valence-corrected chi connectivity index (χ1v) is 5.94. The number of nitrogens with two attached hydrogens (primary N) is 1. The number of hydrogen-bond donors (Lipinski definition) is 1. The van der Waals surface area contributed by atoms with Crippen molar-refractivity contribution in [3.63, 3.8) is 0 Å². The maximum atomic E-state index is 5.69. The van der Waals surface area contributed by atoms with Gasteiger partial charge in [-0.15, -0.1) is 0 Å². The van der Waals surface area contributed by atoms with E-state index < -0.39 is 0 Å². The van der Waals surface area contributed by atoms with Crippen LogP contribution in [0.4, 0.5) is 0 Å². The third-order valence-electron chi connectivity index (χ3n) is 3.27. The molecule has 0 saturated carbocycles. The summed E-state index contributed by atoms with van der Waals surface area (Å²) in [6.07, 6.45) is 9.25. The lowest BCUT2D eigenvalue weighted by atomic mass is 9.74. The molecule has 0 spiro atoms. The van der Waals surface area contributed by atoms with Gasteiger partial charge in [0.05, 0.1) is 0 Å². The molecule has 1 heteroatoms. The van der Waals surface area contributed by atoms with Crippen molar-refractivity contribution in [3.05, 3.63) is 0 Å². The highest BCUT2D eigenvalue weighted by Gasteiger charge is 2.25. The zero-order valence-electron chi connectivity index (χ0n) is 9.73. The minimum Gasteiger partial charge on any atom is -0.330 e. The molecule has 0 fully saturated rings. The Morgan fingerprint density at radius 3 is 2.00 bits per heavy atom. The second-order valence-corrected chi connectivity index (χ2v) is 4.25. The van der Waals surface area contributed by atoms with Crippen LogP contribution >= 0.6 is 0 Å².